The number of thioether (sulfide) groups is 1. The zero-order valence-electron chi connectivity index (χ0n) is 9.31. The molecule has 2 unspecified atom stereocenters. The Bertz CT molecular complexity index is 542. The molecular weight excluding hydrogens is 274 g/mol. The number of nitrogens with zero attached hydrogens (tertiary/aromatic N) is 2. The largest absolute Gasteiger partial charge is 0.378 e. The molecule has 17 heavy (non-hydrogen) atoms. The van der Waals surface area contributed by atoms with E-state index in [4.69, 9.17) is 11.6 Å². The van der Waals surface area contributed by atoms with Crippen molar-refractivity contribution in [2.24, 2.45) is 5.92 Å². The molecule has 1 aromatic carbocycles. The van der Waals surface area contributed by atoms with Crippen LogP contribution in [0.4, 0.5) is 5.69 Å². The fourth-order valence-electron chi connectivity index (χ4n) is 1.99. The fourth-order valence-corrected chi connectivity index (χ4v) is 4.15. The van der Waals surface area contributed by atoms with Crippen molar-refractivity contribution in [2.75, 3.05) is 16.8 Å². The summed E-state index contributed by atoms with van der Waals surface area (Å²) in [6, 6.07) is 4.28. The third-order valence-corrected chi connectivity index (χ3v) is 5.29. The molecule has 0 aliphatic carbocycles. The Morgan fingerprint density at radius 2 is 2.24 bits per heavy atom. The van der Waals surface area contributed by atoms with Gasteiger partial charge in [-0.2, -0.15) is 20.5 Å². The van der Waals surface area contributed by atoms with E-state index in [0.717, 1.165) is 27.5 Å². The summed E-state index contributed by atoms with van der Waals surface area (Å²) >= 11 is 9.47. The van der Waals surface area contributed by atoms with Crippen molar-refractivity contribution in [1.82, 2.24) is 8.75 Å². The molecule has 1 N–H and O–H groups in total. The molecule has 1 aliphatic rings. The zero-order valence-corrected chi connectivity index (χ0v) is 11.7. The van der Waals surface area contributed by atoms with Crippen LogP contribution in [0, 0.1) is 5.92 Å². The second-order valence-electron chi connectivity index (χ2n) is 4.32. The number of halogens is 1. The highest BCUT2D eigenvalue weighted by Crippen LogP contribution is 2.34. The van der Waals surface area contributed by atoms with Gasteiger partial charge in [0, 0.05) is 11.8 Å². The van der Waals surface area contributed by atoms with Gasteiger partial charge >= 0.3 is 0 Å². The molecule has 0 spiro atoms. The highest BCUT2D eigenvalue weighted by atomic mass is 35.5. The summed E-state index contributed by atoms with van der Waals surface area (Å²) in [7, 11) is 0. The standard InChI is InChI=1S/C11H12ClN3S2/c1-6-4-16-5-9(6)13-10-7(12)2-3-8-11(10)15-17-14-8/h2-3,6,9,13H,4-5H2,1H3. The summed E-state index contributed by atoms with van der Waals surface area (Å²) < 4.78 is 8.56. The Labute approximate surface area is 113 Å². The minimum absolute atomic E-state index is 0.477. The molecule has 3 nitrogen and oxygen atoms in total. The SMILES string of the molecule is CC1CSCC1Nc1c(Cl)ccc2nsnc12. The summed E-state index contributed by atoms with van der Waals surface area (Å²) in [6.45, 7) is 2.27. The van der Waals surface area contributed by atoms with Crippen LogP contribution in [-0.2, 0) is 0 Å². The van der Waals surface area contributed by atoms with Gasteiger partial charge in [-0.1, -0.05) is 18.5 Å². The third kappa shape index (κ3) is 2.11. The van der Waals surface area contributed by atoms with E-state index in [2.05, 4.69) is 21.0 Å². The smallest absolute Gasteiger partial charge is 0.129 e. The Morgan fingerprint density at radius 3 is 3.00 bits per heavy atom. The lowest BCUT2D eigenvalue weighted by molar-refractivity contribution is 0.600. The Kier molecular flexibility index (Phi) is 3.15. The van der Waals surface area contributed by atoms with Gasteiger partial charge in [0.2, 0.25) is 0 Å². The molecule has 1 aromatic heterocycles. The summed E-state index contributed by atoms with van der Waals surface area (Å²) in [5.41, 5.74) is 2.75. The quantitative estimate of drug-likeness (QED) is 0.916. The maximum Gasteiger partial charge on any atom is 0.129 e. The normalized spacial score (nSPS) is 24.4. The fraction of sp³-hybridized carbons (Fsp3) is 0.455. The minimum atomic E-state index is 0.477. The zero-order chi connectivity index (χ0) is 11.8. The number of aromatic nitrogens is 2. The molecule has 90 valence electrons. The van der Waals surface area contributed by atoms with Gasteiger partial charge in [-0.15, -0.1) is 0 Å². The van der Waals surface area contributed by atoms with Gasteiger partial charge in [0.15, 0.2) is 0 Å². The summed E-state index contributed by atoms with van der Waals surface area (Å²) in [6.07, 6.45) is 0. The second kappa shape index (κ2) is 4.63. The van der Waals surface area contributed by atoms with Crippen molar-refractivity contribution in [3.05, 3.63) is 17.2 Å². The van der Waals surface area contributed by atoms with Crippen LogP contribution in [0.3, 0.4) is 0 Å². The van der Waals surface area contributed by atoms with Gasteiger partial charge in [-0.25, -0.2) is 0 Å². The predicted octanol–water partition coefficient (Wildman–Crippen LogP) is 3.51. The molecule has 1 aliphatic heterocycles. The molecule has 0 radical (unpaired) electrons. The molecule has 0 saturated carbocycles. The second-order valence-corrected chi connectivity index (χ2v) is 6.33. The maximum atomic E-state index is 6.25. The van der Waals surface area contributed by atoms with Crippen molar-refractivity contribution >= 4 is 51.8 Å². The molecule has 3 rings (SSSR count). The molecule has 2 aromatic rings. The molecule has 0 amide bonds. The molecule has 1 saturated heterocycles. The Hall–Kier alpha value is -0.520. The summed E-state index contributed by atoms with van der Waals surface area (Å²) in [5, 5.41) is 4.27. The number of hydrogen-bond donors (Lipinski definition) is 1. The molecule has 1 fully saturated rings. The molecule has 2 atom stereocenters. The van der Waals surface area contributed by atoms with Gasteiger partial charge in [-0.05, 0) is 23.8 Å². The van der Waals surface area contributed by atoms with Crippen molar-refractivity contribution in [3.63, 3.8) is 0 Å². The first-order chi connectivity index (χ1) is 8.25. The first kappa shape index (κ1) is 11.6. The topological polar surface area (TPSA) is 37.8 Å². The highest BCUT2D eigenvalue weighted by Gasteiger charge is 2.25. The van der Waals surface area contributed by atoms with Gasteiger partial charge in [0.1, 0.15) is 11.0 Å². The molecule has 2 heterocycles. The summed E-state index contributed by atoms with van der Waals surface area (Å²) in [4.78, 5) is 0. The Balaban J connectivity index is 1.98. The lowest BCUT2D eigenvalue weighted by atomic mass is 10.1. The number of fused-ring (bicyclic) bond motifs is 1. The van der Waals surface area contributed by atoms with Crippen LogP contribution in [0.15, 0.2) is 12.1 Å². The number of nitrogens with one attached hydrogen (secondary N) is 1. The van der Waals surface area contributed by atoms with Crippen molar-refractivity contribution in [1.29, 1.82) is 0 Å². The average Bonchev–Trinajstić information content (AvgIpc) is 2.92. The van der Waals surface area contributed by atoms with Crippen LogP contribution in [0.1, 0.15) is 6.92 Å². The van der Waals surface area contributed by atoms with E-state index in [9.17, 15) is 0 Å². The monoisotopic (exact) mass is 285 g/mol. The predicted molar refractivity (Wildman–Crippen MR) is 76.3 cm³/mol. The molecular formula is C11H12ClN3S2. The highest BCUT2D eigenvalue weighted by molar-refractivity contribution is 7.99. The lowest BCUT2D eigenvalue weighted by Crippen LogP contribution is -2.25. The van der Waals surface area contributed by atoms with Crippen LogP contribution >= 0.6 is 35.1 Å². The minimum Gasteiger partial charge on any atom is -0.378 e. The van der Waals surface area contributed by atoms with E-state index >= 15 is 0 Å². The number of hydrogen-bond acceptors (Lipinski definition) is 5. The van der Waals surface area contributed by atoms with E-state index < -0.39 is 0 Å². The molecule has 0 bridgehead atoms. The van der Waals surface area contributed by atoms with Crippen molar-refractivity contribution < 1.29 is 0 Å². The van der Waals surface area contributed by atoms with Crippen LogP contribution in [0.2, 0.25) is 5.02 Å². The van der Waals surface area contributed by atoms with Gasteiger partial charge < -0.3 is 5.32 Å². The maximum absolute atomic E-state index is 6.25. The average molecular weight is 286 g/mol. The first-order valence-corrected chi connectivity index (χ1v) is 7.77. The first-order valence-electron chi connectivity index (χ1n) is 5.51. The van der Waals surface area contributed by atoms with E-state index in [1.807, 2.05) is 23.9 Å². The van der Waals surface area contributed by atoms with E-state index in [1.54, 1.807) is 0 Å². The van der Waals surface area contributed by atoms with Crippen molar-refractivity contribution in [2.45, 2.75) is 13.0 Å². The van der Waals surface area contributed by atoms with Crippen LogP contribution in [0.5, 0.6) is 0 Å². The third-order valence-electron chi connectivity index (χ3n) is 3.07. The van der Waals surface area contributed by atoms with Gasteiger partial charge in [-0.3, -0.25) is 0 Å². The molecule has 6 heteroatoms. The van der Waals surface area contributed by atoms with E-state index in [1.165, 1.54) is 17.5 Å². The number of rotatable bonds is 2. The van der Waals surface area contributed by atoms with E-state index in [0.29, 0.717) is 12.0 Å². The van der Waals surface area contributed by atoms with Crippen LogP contribution < -0.4 is 5.32 Å². The van der Waals surface area contributed by atoms with Gasteiger partial charge in [0.25, 0.3) is 0 Å². The van der Waals surface area contributed by atoms with E-state index in [-0.39, 0.29) is 0 Å². The summed E-state index contributed by atoms with van der Waals surface area (Å²) in [5.74, 6) is 3.00. The van der Waals surface area contributed by atoms with Crippen LogP contribution in [0.25, 0.3) is 11.0 Å². The number of anilines is 1. The van der Waals surface area contributed by atoms with Crippen molar-refractivity contribution in [3.8, 4) is 0 Å². The van der Waals surface area contributed by atoms with Crippen LogP contribution in [-0.4, -0.2) is 26.3 Å². The van der Waals surface area contributed by atoms with Gasteiger partial charge in [0.05, 0.1) is 22.4 Å². The Morgan fingerprint density at radius 1 is 1.35 bits per heavy atom. The number of benzene rings is 1. The lowest BCUT2D eigenvalue weighted by Gasteiger charge is -2.18.